The van der Waals surface area contributed by atoms with Crippen molar-refractivity contribution in [3.8, 4) is 0 Å². The lowest BCUT2D eigenvalue weighted by atomic mass is 10.1. The van der Waals surface area contributed by atoms with Gasteiger partial charge in [0.15, 0.2) is 0 Å². The van der Waals surface area contributed by atoms with Crippen molar-refractivity contribution in [3.05, 3.63) is 62.4 Å². The third-order valence-corrected chi connectivity index (χ3v) is 4.18. The summed E-state index contributed by atoms with van der Waals surface area (Å²) in [5.41, 5.74) is 2.22. The highest BCUT2D eigenvalue weighted by Gasteiger charge is 2.32. The first-order chi connectivity index (χ1) is 10.1. The maximum atomic E-state index is 11.1. The summed E-state index contributed by atoms with van der Waals surface area (Å²) in [4.78, 5) is 14.4. The predicted molar refractivity (Wildman–Crippen MR) is 81.1 cm³/mol. The molecular formula is C14H12BrN3O3. The molecule has 1 aromatic carbocycles. The average Bonchev–Trinajstić information content (AvgIpc) is 2.77. The molecule has 1 aliphatic carbocycles. The predicted octanol–water partition coefficient (Wildman–Crippen LogP) is 2.82. The first-order valence-electron chi connectivity index (χ1n) is 6.38. The Morgan fingerprint density at radius 1 is 1.38 bits per heavy atom. The van der Waals surface area contributed by atoms with Gasteiger partial charge in [0, 0.05) is 12.6 Å². The Balaban J connectivity index is 2.00. The maximum Gasteiger partial charge on any atom is 0.311 e. The normalized spacial score (nSPS) is 20.1. The van der Waals surface area contributed by atoms with Crippen molar-refractivity contribution in [1.29, 1.82) is 0 Å². The van der Waals surface area contributed by atoms with Gasteiger partial charge in [-0.25, -0.2) is 0 Å². The summed E-state index contributed by atoms with van der Waals surface area (Å²) >= 11 is 3.27. The topological polar surface area (TPSA) is 88.3 Å². The number of benzene rings is 1. The van der Waals surface area contributed by atoms with E-state index in [0.717, 1.165) is 11.1 Å². The summed E-state index contributed by atoms with van der Waals surface area (Å²) in [6.45, 7) is 0. The van der Waals surface area contributed by atoms with Crippen LogP contribution in [0.2, 0.25) is 0 Å². The van der Waals surface area contributed by atoms with Gasteiger partial charge in [-0.1, -0.05) is 24.3 Å². The minimum absolute atomic E-state index is 0.124. The molecule has 0 aliphatic heterocycles. The van der Waals surface area contributed by atoms with E-state index < -0.39 is 11.0 Å². The van der Waals surface area contributed by atoms with Gasteiger partial charge in [-0.15, -0.1) is 0 Å². The lowest BCUT2D eigenvalue weighted by Gasteiger charge is -2.19. The van der Waals surface area contributed by atoms with E-state index in [2.05, 4.69) is 26.2 Å². The number of aliphatic hydroxyl groups is 1. The number of anilines is 1. The fourth-order valence-electron chi connectivity index (χ4n) is 2.61. The highest BCUT2D eigenvalue weighted by molar-refractivity contribution is 9.10. The monoisotopic (exact) mass is 349 g/mol. The van der Waals surface area contributed by atoms with Crippen molar-refractivity contribution >= 4 is 27.3 Å². The lowest BCUT2D eigenvalue weighted by molar-refractivity contribution is -0.384. The lowest BCUT2D eigenvalue weighted by Crippen LogP contribution is -2.22. The minimum Gasteiger partial charge on any atom is -0.390 e. The smallest absolute Gasteiger partial charge is 0.311 e. The molecule has 0 spiro atoms. The fraction of sp³-hybridized carbons (Fsp3) is 0.214. The number of pyridine rings is 1. The van der Waals surface area contributed by atoms with Crippen molar-refractivity contribution in [3.63, 3.8) is 0 Å². The van der Waals surface area contributed by atoms with Crippen LogP contribution in [0.15, 0.2) is 41.1 Å². The number of nitrogens with zero attached hydrogens (tertiary/aromatic N) is 2. The zero-order valence-electron chi connectivity index (χ0n) is 10.9. The van der Waals surface area contributed by atoms with E-state index in [-0.39, 0.29) is 11.7 Å². The van der Waals surface area contributed by atoms with E-state index in [1.165, 1.54) is 12.4 Å². The summed E-state index contributed by atoms with van der Waals surface area (Å²) in [7, 11) is 0. The molecule has 3 rings (SSSR count). The minimum atomic E-state index is -0.623. The van der Waals surface area contributed by atoms with Gasteiger partial charge in [0.1, 0.15) is 11.9 Å². The quantitative estimate of drug-likeness (QED) is 0.657. The van der Waals surface area contributed by atoms with Crippen LogP contribution in [0.4, 0.5) is 11.4 Å². The van der Waals surface area contributed by atoms with Crippen LogP contribution in [0.25, 0.3) is 0 Å². The van der Waals surface area contributed by atoms with Crippen molar-refractivity contribution in [2.75, 3.05) is 5.32 Å². The molecule has 0 radical (unpaired) electrons. The van der Waals surface area contributed by atoms with Crippen LogP contribution in [0.3, 0.4) is 0 Å². The molecular weight excluding hydrogens is 338 g/mol. The largest absolute Gasteiger partial charge is 0.390 e. The molecule has 0 saturated heterocycles. The number of nitro groups is 1. The second kappa shape index (κ2) is 5.42. The number of aromatic nitrogens is 1. The van der Waals surface area contributed by atoms with Crippen molar-refractivity contribution < 1.29 is 10.0 Å². The van der Waals surface area contributed by atoms with Crippen LogP contribution in [0, 0.1) is 10.1 Å². The van der Waals surface area contributed by atoms with E-state index in [1.54, 1.807) is 0 Å². The van der Waals surface area contributed by atoms with Gasteiger partial charge in [-0.3, -0.25) is 15.1 Å². The highest BCUT2D eigenvalue weighted by atomic mass is 79.9. The van der Waals surface area contributed by atoms with Crippen molar-refractivity contribution in [1.82, 2.24) is 4.98 Å². The number of nitrogens with one attached hydrogen (secondary N) is 1. The molecule has 0 unspecified atom stereocenters. The summed E-state index contributed by atoms with van der Waals surface area (Å²) in [6, 6.07) is 7.30. The van der Waals surface area contributed by atoms with Gasteiger partial charge in [-0.05, 0) is 27.1 Å². The van der Waals surface area contributed by atoms with E-state index in [9.17, 15) is 15.2 Å². The molecule has 2 N–H and O–H groups in total. The number of rotatable bonds is 3. The summed E-state index contributed by atoms with van der Waals surface area (Å²) in [5.74, 6) is 0. The zero-order valence-corrected chi connectivity index (χ0v) is 12.4. The van der Waals surface area contributed by atoms with E-state index in [1.807, 2.05) is 24.3 Å². The fourth-order valence-corrected chi connectivity index (χ4v) is 3.05. The van der Waals surface area contributed by atoms with E-state index in [0.29, 0.717) is 16.6 Å². The number of halogens is 1. The SMILES string of the molecule is O=[N+]([O-])c1cncc(Br)c1N[C@H]1c2ccccc2C[C@H]1O. The average molecular weight is 350 g/mol. The molecule has 7 heteroatoms. The van der Waals surface area contributed by atoms with Crippen molar-refractivity contribution in [2.45, 2.75) is 18.6 Å². The van der Waals surface area contributed by atoms with Gasteiger partial charge in [0.05, 0.1) is 21.5 Å². The second-order valence-electron chi connectivity index (χ2n) is 4.86. The third kappa shape index (κ3) is 2.50. The molecule has 0 bridgehead atoms. The van der Waals surface area contributed by atoms with Crippen LogP contribution < -0.4 is 5.32 Å². The van der Waals surface area contributed by atoms with Gasteiger partial charge in [-0.2, -0.15) is 0 Å². The standard InChI is InChI=1S/C14H12BrN3O3/c15-10-6-16-7-11(18(20)21)14(10)17-13-9-4-2-1-3-8(9)5-12(13)19/h1-4,6-7,12-13,19H,5H2,(H,16,17)/t12-,13+/m1/s1. The van der Waals surface area contributed by atoms with Crippen LogP contribution in [-0.4, -0.2) is 21.1 Å². The van der Waals surface area contributed by atoms with Crippen LogP contribution in [0.5, 0.6) is 0 Å². The first-order valence-corrected chi connectivity index (χ1v) is 7.17. The molecule has 108 valence electrons. The summed E-state index contributed by atoms with van der Waals surface area (Å²) < 4.78 is 0.494. The summed E-state index contributed by atoms with van der Waals surface area (Å²) in [6.07, 6.45) is 2.59. The molecule has 0 saturated carbocycles. The van der Waals surface area contributed by atoms with Crippen molar-refractivity contribution in [2.24, 2.45) is 0 Å². The molecule has 1 aliphatic rings. The number of fused-ring (bicyclic) bond motifs is 1. The number of hydrogen-bond acceptors (Lipinski definition) is 5. The van der Waals surface area contributed by atoms with E-state index in [4.69, 9.17) is 0 Å². The maximum absolute atomic E-state index is 11.1. The molecule has 1 heterocycles. The van der Waals surface area contributed by atoms with Gasteiger partial charge in [0.2, 0.25) is 0 Å². The Morgan fingerprint density at radius 2 is 2.14 bits per heavy atom. The molecule has 2 aromatic rings. The number of aliphatic hydroxyl groups excluding tert-OH is 1. The zero-order chi connectivity index (χ0) is 15.0. The van der Waals surface area contributed by atoms with Crippen LogP contribution in [0.1, 0.15) is 17.2 Å². The van der Waals surface area contributed by atoms with Gasteiger partial charge < -0.3 is 10.4 Å². The highest BCUT2D eigenvalue weighted by Crippen LogP contribution is 2.39. The summed E-state index contributed by atoms with van der Waals surface area (Å²) in [5, 5.41) is 24.4. The molecule has 2 atom stereocenters. The third-order valence-electron chi connectivity index (χ3n) is 3.58. The Hall–Kier alpha value is -1.99. The Labute approximate surface area is 129 Å². The van der Waals surface area contributed by atoms with Crippen LogP contribution >= 0.6 is 15.9 Å². The van der Waals surface area contributed by atoms with Gasteiger partial charge in [0.25, 0.3) is 0 Å². The molecule has 6 nitrogen and oxygen atoms in total. The van der Waals surface area contributed by atoms with Gasteiger partial charge >= 0.3 is 5.69 Å². The molecule has 0 fully saturated rings. The molecule has 0 amide bonds. The van der Waals surface area contributed by atoms with Crippen LogP contribution in [-0.2, 0) is 6.42 Å². The number of hydrogen-bond donors (Lipinski definition) is 2. The molecule has 21 heavy (non-hydrogen) atoms. The molecule has 1 aromatic heterocycles. The first kappa shape index (κ1) is 14.0. The Kier molecular flexibility index (Phi) is 3.60. The Morgan fingerprint density at radius 3 is 2.90 bits per heavy atom. The van der Waals surface area contributed by atoms with E-state index >= 15 is 0 Å². The second-order valence-corrected chi connectivity index (χ2v) is 5.72. The Bertz CT molecular complexity index is 708.